The first-order valence-electron chi connectivity index (χ1n) is 14.8. The summed E-state index contributed by atoms with van der Waals surface area (Å²) in [6.45, 7) is 6.39. The van der Waals surface area contributed by atoms with Crippen LogP contribution >= 0.6 is 11.6 Å². The number of amides is 1. The molecular formula is C33H38ClNO7. The van der Waals surface area contributed by atoms with E-state index < -0.39 is 23.9 Å². The summed E-state index contributed by atoms with van der Waals surface area (Å²) in [4.78, 5) is 37.5. The first-order chi connectivity index (χ1) is 20.2. The van der Waals surface area contributed by atoms with Crippen molar-refractivity contribution in [3.63, 3.8) is 0 Å². The lowest BCUT2D eigenvalue weighted by atomic mass is 9.58. The van der Waals surface area contributed by atoms with Crippen molar-refractivity contribution in [2.45, 2.75) is 77.0 Å². The molecule has 2 bridgehead atoms. The highest BCUT2D eigenvalue weighted by molar-refractivity contribution is 6.30. The van der Waals surface area contributed by atoms with Crippen molar-refractivity contribution >= 4 is 29.4 Å². The lowest BCUT2D eigenvalue weighted by Crippen LogP contribution is -2.72. The van der Waals surface area contributed by atoms with Crippen molar-refractivity contribution in [2.24, 2.45) is 23.7 Å². The summed E-state index contributed by atoms with van der Waals surface area (Å²) >= 11 is 5.91. The van der Waals surface area contributed by atoms with Gasteiger partial charge in [0.05, 0.1) is 6.61 Å². The van der Waals surface area contributed by atoms with Gasteiger partial charge >= 0.3 is 0 Å². The fourth-order valence-electron chi connectivity index (χ4n) is 7.14. The van der Waals surface area contributed by atoms with Crippen LogP contribution in [0.15, 0.2) is 54.6 Å². The monoisotopic (exact) mass is 595 g/mol. The zero-order valence-electron chi connectivity index (χ0n) is 24.2. The highest BCUT2D eigenvalue weighted by Crippen LogP contribution is 2.60. The molecule has 8 atom stereocenters. The third kappa shape index (κ3) is 5.68. The summed E-state index contributed by atoms with van der Waals surface area (Å²) in [7, 11) is 0. The summed E-state index contributed by atoms with van der Waals surface area (Å²) < 4.78 is 18.5. The number of hydrogen-bond donors (Lipinski definition) is 1. The quantitative estimate of drug-likeness (QED) is 0.225. The first-order valence-corrected chi connectivity index (χ1v) is 15.2. The number of allylic oxidation sites excluding steroid dienone is 1. The molecule has 2 aromatic rings. The molecule has 1 aliphatic carbocycles. The molecule has 5 aliphatic rings. The Morgan fingerprint density at radius 1 is 1.02 bits per heavy atom. The Hall–Kier alpha value is -2.59. The smallest absolute Gasteiger partial charge is 0.248 e. The fraction of sp³-hybridized carbons (Fsp3) is 0.515. The molecule has 1 amide bonds. The van der Waals surface area contributed by atoms with Crippen LogP contribution < -0.4 is 5.32 Å². The maximum Gasteiger partial charge on any atom is 0.248 e. The number of benzene rings is 2. The molecule has 9 heteroatoms. The second-order valence-corrected chi connectivity index (χ2v) is 12.8. The molecular weight excluding hydrogens is 558 g/mol. The molecule has 0 aromatic heterocycles. The van der Waals surface area contributed by atoms with Gasteiger partial charge in [-0.3, -0.25) is 9.59 Å². The van der Waals surface area contributed by atoms with E-state index in [1.54, 1.807) is 30.3 Å². The third-order valence-corrected chi connectivity index (χ3v) is 9.75. The van der Waals surface area contributed by atoms with Gasteiger partial charge in [0.15, 0.2) is 17.7 Å². The predicted octanol–water partition coefficient (Wildman–Crippen LogP) is 6.08. The van der Waals surface area contributed by atoms with Gasteiger partial charge in [0.1, 0.15) is 12.8 Å². The van der Waals surface area contributed by atoms with Crippen molar-refractivity contribution in [3.05, 3.63) is 76.3 Å². The zero-order chi connectivity index (χ0) is 29.5. The van der Waals surface area contributed by atoms with E-state index in [1.807, 2.05) is 31.2 Å². The van der Waals surface area contributed by atoms with Crippen LogP contribution in [0.25, 0.3) is 6.08 Å². The topological polar surface area (TPSA) is 92.3 Å². The normalized spacial score (nSPS) is 35.4. The van der Waals surface area contributed by atoms with Crippen LogP contribution in [0.2, 0.25) is 5.02 Å². The summed E-state index contributed by atoms with van der Waals surface area (Å²) in [6, 6.07) is 14.4. The van der Waals surface area contributed by atoms with Gasteiger partial charge in [0.2, 0.25) is 11.7 Å². The van der Waals surface area contributed by atoms with Gasteiger partial charge in [0.25, 0.3) is 0 Å². The van der Waals surface area contributed by atoms with Gasteiger partial charge in [-0.2, -0.15) is 0 Å². The fourth-order valence-corrected chi connectivity index (χ4v) is 7.26. The van der Waals surface area contributed by atoms with E-state index in [0.29, 0.717) is 16.5 Å². The van der Waals surface area contributed by atoms with Crippen LogP contribution in [0.3, 0.4) is 0 Å². The van der Waals surface area contributed by atoms with Gasteiger partial charge in [0, 0.05) is 28.8 Å². The molecule has 0 unspecified atom stereocenters. The second-order valence-electron chi connectivity index (χ2n) is 12.3. The summed E-state index contributed by atoms with van der Waals surface area (Å²) in [6.07, 6.45) is 5.92. The molecule has 4 heterocycles. The largest absolute Gasteiger partial charge is 0.367 e. The van der Waals surface area contributed by atoms with E-state index in [-0.39, 0.29) is 42.7 Å². The Kier molecular flexibility index (Phi) is 8.30. The van der Waals surface area contributed by atoms with Crippen molar-refractivity contribution in [1.82, 2.24) is 5.32 Å². The molecule has 224 valence electrons. The molecule has 1 N–H and O–H groups in total. The number of halogens is 1. The third-order valence-electron chi connectivity index (χ3n) is 9.50. The van der Waals surface area contributed by atoms with Gasteiger partial charge in [-0.05, 0) is 67.4 Å². The number of fused-ring (bicyclic) bond motifs is 2. The summed E-state index contributed by atoms with van der Waals surface area (Å²) in [5.74, 6) is -0.329. The number of hydrogen-bond acceptors (Lipinski definition) is 7. The zero-order valence-corrected chi connectivity index (χ0v) is 25.0. The second kappa shape index (κ2) is 11.8. The Bertz CT molecular complexity index is 1330. The minimum Gasteiger partial charge on any atom is -0.367 e. The number of carbonyl (C=O) groups is 2. The van der Waals surface area contributed by atoms with E-state index in [2.05, 4.69) is 19.2 Å². The van der Waals surface area contributed by atoms with Crippen molar-refractivity contribution < 1.29 is 33.6 Å². The van der Waals surface area contributed by atoms with Gasteiger partial charge in [-0.15, -0.1) is 0 Å². The minimum absolute atomic E-state index is 0.00804. The molecule has 2 aromatic carbocycles. The Labute approximate surface area is 251 Å². The maximum absolute atomic E-state index is 12.9. The summed E-state index contributed by atoms with van der Waals surface area (Å²) in [5.41, 5.74) is 1.66. The number of nitrogens with one attached hydrogen (secondary N) is 1. The molecule has 4 aliphatic heterocycles. The molecule has 4 saturated heterocycles. The van der Waals surface area contributed by atoms with Crippen molar-refractivity contribution in [3.8, 4) is 0 Å². The highest BCUT2D eigenvalue weighted by atomic mass is 35.5. The van der Waals surface area contributed by atoms with Gasteiger partial charge < -0.3 is 19.5 Å². The van der Waals surface area contributed by atoms with Gasteiger partial charge in [-0.1, -0.05) is 67.9 Å². The van der Waals surface area contributed by atoms with Crippen LogP contribution in [-0.2, 0) is 35.4 Å². The molecule has 8 nitrogen and oxygen atoms in total. The average molecular weight is 596 g/mol. The lowest BCUT2D eigenvalue weighted by Gasteiger charge is -2.60. The lowest BCUT2D eigenvalue weighted by molar-refractivity contribution is -0.571. The van der Waals surface area contributed by atoms with E-state index in [0.717, 1.165) is 36.8 Å². The molecule has 5 fully saturated rings. The van der Waals surface area contributed by atoms with Crippen LogP contribution in [0.5, 0.6) is 0 Å². The average Bonchev–Trinajstić information content (AvgIpc) is 3.21. The van der Waals surface area contributed by atoms with Crippen LogP contribution in [0.4, 0.5) is 0 Å². The van der Waals surface area contributed by atoms with Crippen molar-refractivity contribution in [1.29, 1.82) is 0 Å². The number of rotatable bonds is 8. The molecule has 42 heavy (non-hydrogen) atoms. The van der Waals surface area contributed by atoms with E-state index >= 15 is 0 Å². The van der Waals surface area contributed by atoms with E-state index in [9.17, 15) is 9.59 Å². The SMILES string of the molecule is C[C@H]1[C@@H](NC(=O)COCc2ccc(C(=O)/C=C/c3ccc(Cl)cc3)cc2)O[C@@H]2O[C@@]3(C)CC[C@H]4[C@H](C)CC[C@@H]1[C@@]24OO3. The van der Waals surface area contributed by atoms with E-state index in [4.69, 9.17) is 35.6 Å². The molecule has 1 saturated carbocycles. The van der Waals surface area contributed by atoms with Crippen molar-refractivity contribution in [2.75, 3.05) is 6.61 Å². The number of ketones is 1. The standard InChI is InChI=1S/C33H38ClNO7/c1-20-4-14-27-21(2)30(39-31-33(27)26(20)16-17-32(3,40-31)41-42-33)35-29(37)19-38-18-23-5-10-24(11-6-23)28(36)15-9-22-7-12-25(34)13-8-22/h5-13,15,20-21,26-27,30-31H,4,14,16-19H2,1-3H3,(H,35,37)/b15-9+/t20-,21-,26+,27+,30+,31-,32-,33-/m1/s1. The summed E-state index contributed by atoms with van der Waals surface area (Å²) in [5, 5.41) is 3.67. The van der Waals surface area contributed by atoms with Gasteiger partial charge in [-0.25, -0.2) is 9.78 Å². The number of carbonyl (C=O) groups excluding carboxylic acids is 2. The first kappa shape index (κ1) is 29.5. The van der Waals surface area contributed by atoms with E-state index in [1.165, 1.54) is 6.08 Å². The molecule has 1 spiro atoms. The molecule has 7 rings (SSSR count). The highest BCUT2D eigenvalue weighted by Gasteiger charge is 2.69. The van der Waals surface area contributed by atoms with Crippen LogP contribution in [-0.4, -0.2) is 42.2 Å². The number of ether oxygens (including phenoxy) is 3. The van der Waals surface area contributed by atoms with Crippen LogP contribution in [0, 0.1) is 23.7 Å². The Morgan fingerprint density at radius 2 is 1.79 bits per heavy atom. The Morgan fingerprint density at radius 3 is 2.55 bits per heavy atom. The van der Waals surface area contributed by atoms with Crippen LogP contribution in [0.1, 0.15) is 67.9 Å². The minimum atomic E-state index is -0.858. The predicted molar refractivity (Wildman–Crippen MR) is 156 cm³/mol. The Balaban J connectivity index is 1.02. The maximum atomic E-state index is 12.9. The molecule has 0 radical (unpaired) electrons.